The van der Waals surface area contributed by atoms with Gasteiger partial charge in [-0.05, 0) is 26.3 Å². The highest BCUT2D eigenvalue weighted by Gasteiger charge is 2.29. The van der Waals surface area contributed by atoms with E-state index in [4.69, 9.17) is 12.2 Å². The zero-order valence-corrected chi connectivity index (χ0v) is 12.2. The molecule has 1 heterocycles. The van der Waals surface area contributed by atoms with Crippen LogP contribution < -0.4 is 0 Å². The molecular weight excluding hydrogens is 262 g/mol. The molecular formula is C10H17NO2S3. The first-order valence-corrected chi connectivity index (χ1v) is 8.26. The third-order valence-corrected chi connectivity index (χ3v) is 6.09. The van der Waals surface area contributed by atoms with E-state index in [2.05, 4.69) is 4.90 Å². The summed E-state index contributed by atoms with van der Waals surface area (Å²) in [6.45, 7) is 7.68. The summed E-state index contributed by atoms with van der Waals surface area (Å²) in [6.07, 6.45) is 0. The molecule has 0 radical (unpaired) electrons. The second kappa shape index (κ2) is 5.51. The highest BCUT2D eigenvalue weighted by molar-refractivity contribution is 8.23. The van der Waals surface area contributed by atoms with Crippen LogP contribution in [-0.4, -0.2) is 41.7 Å². The van der Waals surface area contributed by atoms with Crippen molar-refractivity contribution in [3.8, 4) is 0 Å². The summed E-state index contributed by atoms with van der Waals surface area (Å²) in [6, 6.07) is 0. The van der Waals surface area contributed by atoms with Crippen LogP contribution in [0.4, 0.5) is 0 Å². The topological polar surface area (TPSA) is 37.4 Å². The molecule has 1 rings (SSSR count). The molecule has 0 saturated heterocycles. The maximum absolute atomic E-state index is 11.4. The van der Waals surface area contributed by atoms with E-state index in [-0.39, 0.29) is 11.0 Å². The first kappa shape index (κ1) is 14.0. The van der Waals surface area contributed by atoms with Gasteiger partial charge in [-0.15, -0.1) is 0 Å². The van der Waals surface area contributed by atoms with Crippen molar-refractivity contribution >= 4 is 38.1 Å². The van der Waals surface area contributed by atoms with Gasteiger partial charge in [0.05, 0.1) is 5.75 Å². The lowest BCUT2D eigenvalue weighted by atomic mass is 10.3. The number of hydrogen-bond donors (Lipinski definition) is 0. The molecule has 0 bridgehead atoms. The second-order valence-corrected chi connectivity index (χ2v) is 7.47. The third-order valence-electron chi connectivity index (χ3n) is 2.52. The number of rotatable bonds is 3. The highest BCUT2D eigenvalue weighted by atomic mass is 32.2. The molecule has 0 N–H and O–H groups in total. The van der Waals surface area contributed by atoms with Crippen molar-refractivity contribution in [2.75, 3.05) is 18.8 Å². The van der Waals surface area contributed by atoms with Gasteiger partial charge in [0.15, 0.2) is 9.84 Å². The van der Waals surface area contributed by atoms with Gasteiger partial charge >= 0.3 is 0 Å². The summed E-state index contributed by atoms with van der Waals surface area (Å²) in [5.41, 5.74) is 0.902. The van der Waals surface area contributed by atoms with Crippen molar-refractivity contribution < 1.29 is 8.42 Å². The molecule has 0 saturated carbocycles. The summed E-state index contributed by atoms with van der Waals surface area (Å²) in [5, 5.41) is 1.37. The van der Waals surface area contributed by atoms with E-state index in [1.54, 1.807) is 0 Å². The van der Waals surface area contributed by atoms with Gasteiger partial charge in [0.1, 0.15) is 4.32 Å². The van der Waals surface area contributed by atoms with E-state index in [0.717, 1.165) is 23.0 Å². The average Bonchev–Trinajstić information content (AvgIpc) is 2.41. The molecule has 0 amide bonds. The smallest absolute Gasteiger partial charge is 0.173 e. The summed E-state index contributed by atoms with van der Waals surface area (Å²) in [5.74, 6) is 0.185. The molecule has 1 unspecified atom stereocenters. The van der Waals surface area contributed by atoms with E-state index in [9.17, 15) is 8.42 Å². The SMILES string of the molecule is CCN(CC)C(=S)SC1CS(=O)(=O)C=C1C. The summed E-state index contributed by atoms with van der Waals surface area (Å²) < 4.78 is 23.6. The van der Waals surface area contributed by atoms with Gasteiger partial charge in [-0.1, -0.05) is 24.0 Å². The molecule has 0 aromatic rings. The molecule has 0 aromatic carbocycles. The third kappa shape index (κ3) is 3.46. The largest absolute Gasteiger partial charge is 0.358 e. The molecule has 1 aliphatic rings. The van der Waals surface area contributed by atoms with Crippen molar-refractivity contribution in [2.24, 2.45) is 0 Å². The Labute approximate surface area is 107 Å². The molecule has 3 nitrogen and oxygen atoms in total. The molecule has 1 atom stereocenters. The lowest BCUT2D eigenvalue weighted by Crippen LogP contribution is -2.28. The van der Waals surface area contributed by atoms with Gasteiger partial charge < -0.3 is 4.90 Å². The average molecular weight is 279 g/mol. The van der Waals surface area contributed by atoms with Crippen LogP contribution in [0.25, 0.3) is 0 Å². The minimum atomic E-state index is -2.99. The summed E-state index contributed by atoms with van der Waals surface area (Å²) in [7, 11) is -2.99. The van der Waals surface area contributed by atoms with Crippen LogP contribution in [0.2, 0.25) is 0 Å². The van der Waals surface area contributed by atoms with Crippen LogP contribution in [0.15, 0.2) is 11.0 Å². The van der Waals surface area contributed by atoms with Crippen molar-refractivity contribution in [3.05, 3.63) is 11.0 Å². The Balaban J connectivity index is 2.64. The summed E-state index contributed by atoms with van der Waals surface area (Å²) in [4.78, 5) is 2.07. The van der Waals surface area contributed by atoms with Crippen molar-refractivity contribution in [3.63, 3.8) is 0 Å². The van der Waals surface area contributed by atoms with Gasteiger partial charge in [0.2, 0.25) is 0 Å². The van der Waals surface area contributed by atoms with Crippen LogP contribution in [-0.2, 0) is 9.84 Å². The molecule has 1 aliphatic heterocycles. The van der Waals surface area contributed by atoms with E-state index in [0.29, 0.717) is 0 Å². The van der Waals surface area contributed by atoms with Gasteiger partial charge in [0, 0.05) is 23.7 Å². The van der Waals surface area contributed by atoms with Crippen LogP contribution in [0.3, 0.4) is 0 Å². The minimum Gasteiger partial charge on any atom is -0.358 e. The van der Waals surface area contributed by atoms with Crippen molar-refractivity contribution in [2.45, 2.75) is 26.0 Å². The van der Waals surface area contributed by atoms with E-state index < -0.39 is 9.84 Å². The van der Waals surface area contributed by atoms with Crippen LogP contribution in [0, 0.1) is 0 Å². The molecule has 0 fully saturated rings. The van der Waals surface area contributed by atoms with Crippen molar-refractivity contribution in [1.82, 2.24) is 4.90 Å². The fraction of sp³-hybridized carbons (Fsp3) is 0.700. The molecule has 16 heavy (non-hydrogen) atoms. The first-order valence-electron chi connectivity index (χ1n) is 5.26. The fourth-order valence-electron chi connectivity index (χ4n) is 1.55. The predicted octanol–water partition coefficient (Wildman–Crippen LogP) is 2.05. The van der Waals surface area contributed by atoms with Gasteiger partial charge in [-0.3, -0.25) is 0 Å². The standard InChI is InChI=1S/C10H17NO2S3/c1-4-11(5-2)10(14)15-9-7-16(12,13)6-8(9)3/h6,9H,4-5,7H2,1-3H3. The molecule has 92 valence electrons. The maximum atomic E-state index is 11.4. The molecule has 0 aromatic heterocycles. The quantitative estimate of drug-likeness (QED) is 0.739. The minimum absolute atomic E-state index is 0.00176. The fourth-order valence-corrected chi connectivity index (χ4v) is 5.51. The molecule has 0 aliphatic carbocycles. The van der Waals surface area contributed by atoms with E-state index in [1.807, 2.05) is 20.8 Å². The van der Waals surface area contributed by atoms with Crippen LogP contribution in [0.1, 0.15) is 20.8 Å². The lowest BCUT2D eigenvalue weighted by Gasteiger charge is -2.23. The summed E-state index contributed by atoms with van der Waals surface area (Å²) >= 11 is 6.79. The Morgan fingerprint density at radius 3 is 2.50 bits per heavy atom. The van der Waals surface area contributed by atoms with Gasteiger partial charge in [-0.2, -0.15) is 0 Å². The molecule has 6 heteroatoms. The van der Waals surface area contributed by atoms with Gasteiger partial charge in [-0.25, -0.2) is 8.42 Å². The van der Waals surface area contributed by atoms with E-state index in [1.165, 1.54) is 17.2 Å². The Morgan fingerprint density at radius 2 is 2.12 bits per heavy atom. The molecule has 0 spiro atoms. The monoisotopic (exact) mass is 279 g/mol. The van der Waals surface area contributed by atoms with Gasteiger partial charge in [0.25, 0.3) is 0 Å². The number of thioether (sulfide) groups is 1. The maximum Gasteiger partial charge on any atom is 0.173 e. The Bertz CT molecular complexity index is 396. The van der Waals surface area contributed by atoms with Crippen LogP contribution in [0.5, 0.6) is 0 Å². The first-order chi connectivity index (χ1) is 7.39. The number of sulfone groups is 1. The Kier molecular flexibility index (Phi) is 4.82. The second-order valence-electron chi connectivity index (χ2n) is 3.74. The Morgan fingerprint density at radius 1 is 1.56 bits per heavy atom. The zero-order chi connectivity index (χ0) is 12.3. The normalized spacial score (nSPS) is 22.9. The number of nitrogens with zero attached hydrogens (tertiary/aromatic N) is 1. The highest BCUT2D eigenvalue weighted by Crippen LogP contribution is 2.29. The Hall–Kier alpha value is -0.0700. The van der Waals surface area contributed by atoms with Crippen LogP contribution >= 0.6 is 24.0 Å². The lowest BCUT2D eigenvalue weighted by molar-refractivity contribution is 0.482. The zero-order valence-electron chi connectivity index (χ0n) is 9.76. The number of thiocarbonyl (C=S) groups is 1. The van der Waals surface area contributed by atoms with E-state index >= 15 is 0 Å². The number of hydrogen-bond acceptors (Lipinski definition) is 4. The predicted molar refractivity (Wildman–Crippen MR) is 74.4 cm³/mol. The van der Waals surface area contributed by atoms with Crippen molar-refractivity contribution in [1.29, 1.82) is 0 Å².